The van der Waals surface area contributed by atoms with Crippen LogP contribution in [0.1, 0.15) is 31.1 Å². The Kier molecular flexibility index (Phi) is 7.08. The molecule has 0 radical (unpaired) electrons. The summed E-state index contributed by atoms with van der Waals surface area (Å²) >= 11 is 0. The van der Waals surface area contributed by atoms with Gasteiger partial charge in [0.15, 0.2) is 0 Å². The molecule has 0 heterocycles. The van der Waals surface area contributed by atoms with Gasteiger partial charge in [0.05, 0.1) is 23.2 Å². The zero-order chi connectivity index (χ0) is 20.7. The summed E-state index contributed by atoms with van der Waals surface area (Å²) in [5.74, 6) is -1.00. The molecule has 8 heteroatoms. The van der Waals surface area contributed by atoms with Crippen molar-refractivity contribution in [1.29, 1.82) is 0 Å². The molecule has 0 bridgehead atoms. The molecule has 0 unspecified atom stereocenters. The maximum atomic E-state index is 12.7. The van der Waals surface area contributed by atoms with Gasteiger partial charge in [-0.15, -0.1) is 0 Å². The SMILES string of the molecule is CCOc1ccccc1C(=O)N[C@H](C(=O)Oc1cccc([N+](=O)[O-])c1)C(C)C. The van der Waals surface area contributed by atoms with Gasteiger partial charge in [0.1, 0.15) is 17.5 Å². The monoisotopic (exact) mass is 386 g/mol. The average molecular weight is 386 g/mol. The maximum absolute atomic E-state index is 12.7. The molecule has 2 aromatic rings. The van der Waals surface area contributed by atoms with Gasteiger partial charge in [0.2, 0.25) is 0 Å². The minimum Gasteiger partial charge on any atom is -0.493 e. The molecule has 8 nitrogen and oxygen atoms in total. The predicted octanol–water partition coefficient (Wildman–Crippen LogP) is 3.35. The van der Waals surface area contributed by atoms with Crippen molar-refractivity contribution < 1.29 is 24.0 Å². The van der Waals surface area contributed by atoms with E-state index >= 15 is 0 Å². The number of nitrogens with zero attached hydrogens (tertiary/aromatic N) is 1. The van der Waals surface area contributed by atoms with Gasteiger partial charge in [-0.3, -0.25) is 14.9 Å². The second kappa shape index (κ2) is 9.50. The molecule has 0 spiro atoms. The summed E-state index contributed by atoms with van der Waals surface area (Å²) in [7, 11) is 0. The molecule has 0 aliphatic rings. The lowest BCUT2D eigenvalue weighted by Crippen LogP contribution is -2.46. The van der Waals surface area contributed by atoms with E-state index in [4.69, 9.17) is 9.47 Å². The fourth-order valence-corrected chi connectivity index (χ4v) is 2.49. The Labute approximate surface area is 162 Å². The summed E-state index contributed by atoms with van der Waals surface area (Å²) in [4.78, 5) is 35.5. The standard InChI is InChI=1S/C20H22N2O6/c1-4-27-17-11-6-5-10-16(17)19(23)21-18(13(2)3)20(24)28-15-9-7-8-14(12-15)22(25)26/h5-13,18H,4H2,1-3H3,(H,21,23)/t18-/m0/s1. The Morgan fingerprint density at radius 3 is 2.50 bits per heavy atom. The third-order valence-electron chi connectivity index (χ3n) is 3.89. The smallest absolute Gasteiger partial charge is 0.334 e. The van der Waals surface area contributed by atoms with Gasteiger partial charge in [0, 0.05) is 6.07 Å². The minimum absolute atomic E-state index is 0.0359. The first kappa shape index (κ1) is 20.9. The molecule has 0 aliphatic carbocycles. The van der Waals surface area contributed by atoms with E-state index in [1.807, 2.05) is 6.92 Å². The molecule has 2 rings (SSSR count). The van der Waals surface area contributed by atoms with Gasteiger partial charge in [-0.2, -0.15) is 0 Å². The van der Waals surface area contributed by atoms with Crippen molar-refractivity contribution in [1.82, 2.24) is 5.32 Å². The normalized spacial score (nSPS) is 11.6. The predicted molar refractivity (Wildman–Crippen MR) is 102 cm³/mol. The lowest BCUT2D eigenvalue weighted by Gasteiger charge is -2.21. The maximum Gasteiger partial charge on any atom is 0.334 e. The van der Waals surface area contributed by atoms with Crippen LogP contribution in [0.15, 0.2) is 48.5 Å². The van der Waals surface area contributed by atoms with Crippen LogP contribution >= 0.6 is 0 Å². The molecule has 0 aromatic heterocycles. The Balaban J connectivity index is 2.17. The zero-order valence-corrected chi connectivity index (χ0v) is 15.9. The fraction of sp³-hybridized carbons (Fsp3) is 0.300. The highest BCUT2D eigenvalue weighted by Gasteiger charge is 2.28. The third kappa shape index (κ3) is 5.29. The minimum atomic E-state index is -0.943. The van der Waals surface area contributed by atoms with Crippen molar-refractivity contribution in [2.24, 2.45) is 5.92 Å². The number of hydrogen-bond acceptors (Lipinski definition) is 6. The highest BCUT2D eigenvalue weighted by Crippen LogP contribution is 2.21. The third-order valence-corrected chi connectivity index (χ3v) is 3.89. The topological polar surface area (TPSA) is 108 Å². The van der Waals surface area contributed by atoms with E-state index in [1.165, 1.54) is 18.2 Å². The highest BCUT2D eigenvalue weighted by molar-refractivity contribution is 5.99. The molecule has 28 heavy (non-hydrogen) atoms. The van der Waals surface area contributed by atoms with E-state index < -0.39 is 22.8 Å². The molecule has 1 N–H and O–H groups in total. The first-order valence-electron chi connectivity index (χ1n) is 8.82. The van der Waals surface area contributed by atoms with Crippen LogP contribution in [0.5, 0.6) is 11.5 Å². The first-order chi connectivity index (χ1) is 13.3. The van der Waals surface area contributed by atoms with Gasteiger partial charge in [-0.1, -0.05) is 32.0 Å². The molecule has 0 fully saturated rings. The summed E-state index contributed by atoms with van der Waals surface area (Å²) in [5, 5.41) is 13.5. The van der Waals surface area contributed by atoms with Crippen LogP contribution in [0.25, 0.3) is 0 Å². The van der Waals surface area contributed by atoms with Gasteiger partial charge in [-0.05, 0) is 31.0 Å². The lowest BCUT2D eigenvalue weighted by atomic mass is 10.0. The number of benzene rings is 2. The van der Waals surface area contributed by atoms with Crippen molar-refractivity contribution in [2.45, 2.75) is 26.8 Å². The summed E-state index contributed by atoms with van der Waals surface area (Å²) in [6, 6.07) is 11.1. The highest BCUT2D eigenvalue weighted by atomic mass is 16.6. The number of nitro groups is 1. The average Bonchev–Trinajstić information content (AvgIpc) is 2.66. The van der Waals surface area contributed by atoms with Crippen molar-refractivity contribution >= 4 is 17.6 Å². The van der Waals surface area contributed by atoms with E-state index in [0.29, 0.717) is 17.9 Å². The van der Waals surface area contributed by atoms with Gasteiger partial charge in [0.25, 0.3) is 11.6 Å². The van der Waals surface area contributed by atoms with Gasteiger partial charge >= 0.3 is 5.97 Å². The molecular formula is C20H22N2O6. The number of ether oxygens (including phenoxy) is 2. The van der Waals surface area contributed by atoms with Gasteiger partial charge in [-0.25, -0.2) is 4.79 Å². The van der Waals surface area contributed by atoms with Crippen LogP contribution in [0.2, 0.25) is 0 Å². The van der Waals surface area contributed by atoms with E-state index in [0.717, 1.165) is 6.07 Å². The van der Waals surface area contributed by atoms with Crippen molar-refractivity contribution in [2.75, 3.05) is 6.61 Å². The number of carbonyl (C=O) groups is 2. The summed E-state index contributed by atoms with van der Waals surface area (Å²) in [6.45, 7) is 5.72. The fourth-order valence-electron chi connectivity index (χ4n) is 2.49. The summed E-state index contributed by atoms with van der Waals surface area (Å²) < 4.78 is 10.7. The van der Waals surface area contributed by atoms with Crippen LogP contribution in [0, 0.1) is 16.0 Å². The summed E-state index contributed by atoms with van der Waals surface area (Å²) in [5.41, 5.74) is 0.110. The summed E-state index contributed by atoms with van der Waals surface area (Å²) in [6.07, 6.45) is 0. The van der Waals surface area contributed by atoms with Crippen LogP contribution < -0.4 is 14.8 Å². The Bertz CT molecular complexity index is 865. The number of non-ortho nitro benzene ring substituents is 1. The van der Waals surface area contributed by atoms with Gasteiger partial charge < -0.3 is 14.8 Å². The molecular weight excluding hydrogens is 364 g/mol. The molecule has 0 aliphatic heterocycles. The number of hydrogen-bond donors (Lipinski definition) is 1. The number of amides is 1. The molecule has 2 aromatic carbocycles. The van der Waals surface area contributed by atoms with E-state index in [-0.39, 0.29) is 17.4 Å². The van der Waals surface area contributed by atoms with E-state index in [1.54, 1.807) is 38.1 Å². The quantitative estimate of drug-likeness (QED) is 0.323. The second-order valence-electron chi connectivity index (χ2n) is 6.30. The zero-order valence-electron chi connectivity index (χ0n) is 15.9. The van der Waals surface area contributed by atoms with Crippen molar-refractivity contribution in [3.05, 3.63) is 64.2 Å². The Morgan fingerprint density at radius 1 is 1.14 bits per heavy atom. The molecule has 0 saturated heterocycles. The number of rotatable bonds is 8. The van der Waals surface area contributed by atoms with Crippen molar-refractivity contribution in [3.63, 3.8) is 0 Å². The number of para-hydroxylation sites is 1. The van der Waals surface area contributed by atoms with Crippen LogP contribution in [0.4, 0.5) is 5.69 Å². The number of esters is 1. The molecule has 0 saturated carbocycles. The second-order valence-corrected chi connectivity index (χ2v) is 6.30. The molecule has 148 valence electrons. The Hall–Kier alpha value is -3.42. The van der Waals surface area contributed by atoms with Crippen LogP contribution in [0.3, 0.4) is 0 Å². The number of nitro benzene ring substituents is 1. The van der Waals surface area contributed by atoms with Crippen LogP contribution in [-0.4, -0.2) is 29.4 Å². The number of nitrogens with one attached hydrogen (secondary N) is 1. The van der Waals surface area contributed by atoms with E-state index in [2.05, 4.69) is 5.32 Å². The molecule has 1 atom stereocenters. The Morgan fingerprint density at radius 2 is 1.86 bits per heavy atom. The lowest BCUT2D eigenvalue weighted by molar-refractivity contribution is -0.384. The first-order valence-corrected chi connectivity index (χ1v) is 8.82. The number of carbonyl (C=O) groups excluding carboxylic acids is 2. The van der Waals surface area contributed by atoms with E-state index in [9.17, 15) is 19.7 Å². The van der Waals surface area contributed by atoms with Crippen LogP contribution in [-0.2, 0) is 4.79 Å². The molecule has 1 amide bonds. The van der Waals surface area contributed by atoms with Crippen molar-refractivity contribution in [3.8, 4) is 11.5 Å². The largest absolute Gasteiger partial charge is 0.493 e.